The predicted octanol–water partition coefficient (Wildman–Crippen LogP) is 1.98. The molecule has 3 N–H and O–H groups in total. The summed E-state index contributed by atoms with van der Waals surface area (Å²) in [5, 5.41) is 9.95. The molecule has 1 amide bonds. The number of sulfonamides is 1. The highest BCUT2D eigenvalue weighted by Crippen LogP contribution is 2.22. The number of pyridine rings is 1. The number of hydrogen-bond acceptors (Lipinski definition) is 7. The van der Waals surface area contributed by atoms with E-state index in [2.05, 4.69) is 9.71 Å². The van der Waals surface area contributed by atoms with Crippen LogP contribution in [-0.2, 0) is 21.4 Å². The first-order chi connectivity index (χ1) is 15.9. The van der Waals surface area contributed by atoms with Gasteiger partial charge in [-0.1, -0.05) is 18.2 Å². The number of ether oxygens (including phenoxy) is 1. The van der Waals surface area contributed by atoms with Crippen molar-refractivity contribution < 1.29 is 23.2 Å². The Morgan fingerprint density at radius 3 is 2.58 bits per heavy atom. The molecule has 174 valence electrons. The van der Waals surface area contributed by atoms with Crippen LogP contribution in [-0.4, -0.2) is 55.1 Å². The molecule has 1 aliphatic rings. The third-order valence-corrected chi connectivity index (χ3v) is 7.11. The molecular formula is C23H26N4O5S. The minimum atomic E-state index is -3.84. The predicted molar refractivity (Wildman–Crippen MR) is 122 cm³/mol. The van der Waals surface area contributed by atoms with E-state index >= 15 is 0 Å². The molecule has 0 radical (unpaired) electrons. The first-order valence-electron chi connectivity index (χ1n) is 10.6. The number of nitrogens with one attached hydrogen (secondary N) is 2. The van der Waals surface area contributed by atoms with Crippen LogP contribution in [0.15, 0.2) is 59.5 Å². The zero-order valence-electron chi connectivity index (χ0n) is 18.2. The Hall–Kier alpha value is -3.05. The summed E-state index contributed by atoms with van der Waals surface area (Å²) in [4.78, 5) is 18.3. The molecule has 0 bridgehead atoms. The van der Waals surface area contributed by atoms with E-state index in [4.69, 9.17) is 9.94 Å². The van der Waals surface area contributed by atoms with Gasteiger partial charge in [-0.25, -0.2) is 18.6 Å². The van der Waals surface area contributed by atoms with Gasteiger partial charge in [0, 0.05) is 36.3 Å². The van der Waals surface area contributed by atoms with E-state index in [0.717, 1.165) is 28.6 Å². The van der Waals surface area contributed by atoms with E-state index in [1.54, 1.807) is 22.5 Å². The molecule has 1 aliphatic heterocycles. The molecule has 0 unspecified atom stereocenters. The topological polar surface area (TPSA) is 121 Å². The molecule has 0 aliphatic carbocycles. The monoisotopic (exact) mass is 470 g/mol. The highest BCUT2D eigenvalue weighted by molar-refractivity contribution is 7.89. The molecular weight excluding hydrogens is 444 g/mol. The van der Waals surface area contributed by atoms with E-state index in [1.807, 2.05) is 37.3 Å². The van der Waals surface area contributed by atoms with Gasteiger partial charge in [-0.3, -0.25) is 19.9 Å². The van der Waals surface area contributed by atoms with E-state index in [1.165, 1.54) is 12.1 Å². The normalized spacial score (nSPS) is 15.1. The first kappa shape index (κ1) is 23.1. The molecule has 2 aromatic carbocycles. The Morgan fingerprint density at radius 1 is 1.18 bits per heavy atom. The van der Waals surface area contributed by atoms with Gasteiger partial charge in [0.15, 0.2) is 0 Å². The lowest BCUT2D eigenvalue weighted by molar-refractivity contribution is -0.136. The average molecular weight is 471 g/mol. The summed E-state index contributed by atoms with van der Waals surface area (Å²) < 4.78 is 33.7. The second-order valence-electron chi connectivity index (χ2n) is 7.93. The van der Waals surface area contributed by atoms with Gasteiger partial charge in [-0.2, -0.15) is 0 Å². The van der Waals surface area contributed by atoms with Gasteiger partial charge in [0.05, 0.1) is 10.4 Å². The largest absolute Gasteiger partial charge is 0.489 e. The number of rotatable bonds is 9. The SMILES string of the molecule is Cc1cc(COc2ccc(S(=O)(=O)NC[C@@H](C(=O)NO)N3CCC3)cc2)c2ccccc2n1. The fourth-order valence-corrected chi connectivity index (χ4v) is 4.82. The molecule has 3 aromatic rings. The summed E-state index contributed by atoms with van der Waals surface area (Å²) in [5.74, 6) is -0.106. The lowest BCUT2D eigenvalue weighted by Gasteiger charge is -2.36. The maximum absolute atomic E-state index is 12.7. The van der Waals surface area contributed by atoms with Crippen molar-refractivity contribution in [3.05, 3.63) is 65.9 Å². The van der Waals surface area contributed by atoms with Crippen molar-refractivity contribution >= 4 is 26.8 Å². The Morgan fingerprint density at radius 2 is 1.91 bits per heavy atom. The molecule has 1 atom stereocenters. The number of hydrogen-bond donors (Lipinski definition) is 3. The third kappa shape index (κ3) is 5.31. The summed E-state index contributed by atoms with van der Waals surface area (Å²) in [6, 6.07) is 15.2. The lowest BCUT2D eigenvalue weighted by atomic mass is 10.1. The van der Waals surface area contributed by atoms with Crippen molar-refractivity contribution in [3.63, 3.8) is 0 Å². The molecule has 10 heteroatoms. The van der Waals surface area contributed by atoms with Crippen molar-refractivity contribution in [2.75, 3.05) is 19.6 Å². The molecule has 0 saturated carbocycles. The smallest absolute Gasteiger partial charge is 0.262 e. The van der Waals surface area contributed by atoms with E-state index < -0.39 is 22.0 Å². The standard InChI is InChI=1S/C23H26N4O5S/c1-16-13-17(20-5-2-3-6-21(20)25-16)15-32-18-7-9-19(10-8-18)33(30,31)24-14-22(23(28)26-29)27-11-4-12-27/h2-3,5-10,13,22,24,29H,4,11-12,14-15H2,1H3,(H,26,28)/t22-/m0/s1. The van der Waals surface area contributed by atoms with Crippen LogP contribution in [0.5, 0.6) is 5.75 Å². The van der Waals surface area contributed by atoms with Gasteiger partial charge in [0.1, 0.15) is 18.4 Å². The fraction of sp³-hybridized carbons (Fsp3) is 0.304. The summed E-state index contributed by atoms with van der Waals surface area (Å²) in [6.07, 6.45) is 0.929. The Balaban J connectivity index is 1.41. The number of amides is 1. The molecule has 1 aromatic heterocycles. The second-order valence-corrected chi connectivity index (χ2v) is 9.70. The van der Waals surface area contributed by atoms with Gasteiger partial charge >= 0.3 is 0 Å². The summed E-state index contributed by atoms with van der Waals surface area (Å²) in [5.41, 5.74) is 4.39. The van der Waals surface area contributed by atoms with Crippen molar-refractivity contribution in [3.8, 4) is 5.75 Å². The molecule has 1 saturated heterocycles. The zero-order chi connectivity index (χ0) is 23.4. The van der Waals surface area contributed by atoms with E-state index in [-0.39, 0.29) is 11.4 Å². The maximum Gasteiger partial charge on any atom is 0.262 e. The molecule has 2 heterocycles. The van der Waals surface area contributed by atoms with Gasteiger partial charge in [0.2, 0.25) is 10.0 Å². The van der Waals surface area contributed by atoms with Gasteiger partial charge in [0.25, 0.3) is 5.91 Å². The van der Waals surface area contributed by atoms with Crippen LogP contribution in [0.25, 0.3) is 10.9 Å². The highest BCUT2D eigenvalue weighted by atomic mass is 32.2. The number of fused-ring (bicyclic) bond motifs is 1. The van der Waals surface area contributed by atoms with Crippen LogP contribution < -0.4 is 14.9 Å². The number of benzene rings is 2. The summed E-state index contributed by atoms with van der Waals surface area (Å²) in [6.45, 7) is 3.47. The maximum atomic E-state index is 12.7. The van der Waals surface area contributed by atoms with Crippen LogP contribution in [0.4, 0.5) is 0 Å². The highest BCUT2D eigenvalue weighted by Gasteiger charge is 2.31. The number of carbonyl (C=O) groups is 1. The van der Waals surface area contributed by atoms with Crippen molar-refractivity contribution in [2.45, 2.75) is 30.9 Å². The molecule has 0 spiro atoms. The third-order valence-electron chi connectivity index (χ3n) is 5.67. The Bertz CT molecular complexity index is 1240. The number of nitrogens with zero attached hydrogens (tertiary/aromatic N) is 2. The molecule has 33 heavy (non-hydrogen) atoms. The fourth-order valence-electron chi connectivity index (χ4n) is 3.78. The number of hydroxylamine groups is 1. The van der Waals surface area contributed by atoms with Crippen LogP contribution in [0.3, 0.4) is 0 Å². The molecule has 1 fully saturated rings. The summed E-state index contributed by atoms with van der Waals surface area (Å²) >= 11 is 0. The van der Waals surface area contributed by atoms with Gasteiger partial charge in [-0.05, 0) is 49.7 Å². The number of para-hydroxylation sites is 1. The van der Waals surface area contributed by atoms with Crippen LogP contribution in [0, 0.1) is 6.92 Å². The number of likely N-dealkylation sites (tertiary alicyclic amines) is 1. The Labute approximate surface area is 192 Å². The number of aryl methyl sites for hydroxylation is 1. The van der Waals surface area contributed by atoms with Gasteiger partial charge < -0.3 is 4.74 Å². The first-order valence-corrected chi connectivity index (χ1v) is 12.1. The van der Waals surface area contributed by atoms with Crippen LogP contribution >= 0.6 is 0 Å². The quantitative estimate of drug-likeness (QED) is 0.323. The average Bonchev–Trinajstić information content (AvgIpc) is 2.78. The van der Waals surface area contributed by atoms with Crippen molar-refractivity contribution in [2.24, 2.45) is 0 Å². The Kier molecular flexibility index (Phi) is 6.89. The molecule has 9 nitrogen and oxygen atoms in total. The molecule has 4 rings (SSSR count). The van der Waals surface area contributed by atoms with Crippen molar-refractivity contribution in [1.29, 1.82) is 0 Å². The number of carbonyl (C=O) groups excluding carboxylic acids is 1. The van der Waals surface area contributed by atoms with E-state index in [0.29, 0.717) is 25.4 Å². The minimum absolute atomic E-state index is 0.0619. The van der Waals surface area contributed by atoms with Crippen LogP contribution in [0.1, 0.15) is 17.7 Å². The van der Waals surface area contributed by atoms with Gasteiger partial charge in [-0.15, -0.1) is 0 Å². The van der Waals surface area contributed by atoms with Crippen molar-refractivity contribution in [1.82, 2.24) is 20.1 Å². The number of aromatic nitrogens is 1. The van der Waals surface area contributed by atoms with E-state index in [9.17, 15) is 13.2 Å². The summed E-state index contributed by atoms with van der Waals surface area (Å²) in [7, 11) is -3.84. The zero-order valence-corrected chi connectivity index (χ0v) is 19.0. The van der Waals surface area contributed by atoms with Crippen LogP contribution in [0.2, 0.25) is 0 Å². The lowest BCUT2D eigenvalue weighted by Crippen LogP contribution is -2.56. The second kappa shape index (κ2) is 9.84. The minimum Gasteiger partial charge on any atom is -0.489 e.